The number of halogens is 2. The lowest BCUT2D eigenvalue weighted by Gasteiger charge is -2.28. The number of carboxylic acids is 1. The third-order valence-electron chi connectivity index (χ3n) is 3.92. The highest BCUT2D eigenvalue weighted by Crippen LogP contribution is 2.51. The second kappa shape index (κ2) is 6.96. The van der Waals surface area contributed by atoms with Gasteiger partial charge in [0.25, 0.3) is 0 Å². The molecule has 0 bridgehead atoms. The summed E-state index contributed by atoms with van der Waals surface area (Å²) < 4.78 is 15.0. The lowest BCUT2D eigenvalue weighted by molar-refractivity contribution is 0.0703. The molecule has 0 aliphatic carbocycles. The molecule has 136 valence electrons. The summed E-state index contributed by atoms with van der Waals surface area (Å²) in [5.41, 5.74) is 0.225. The molecule has 1 aromatic heterocycles. The van der Waals surface area contributed by atoms with Crippen molar-refractivity contribution in [3.63, 3.8) is 0 Å². The molecule has 0 saturated carbocycles. The second-order valence-corrected chi connectivity index (χ2v) is 11.6. The van der Waals surface area contributed by atoms with Gasteiger partial charge in [-0.3, -0.25) is 4.57 Å². The van der Waals surface area contributed by atoms with Crippen molar-refractivity contribution in [2.24, 2.45) is 0 Å². The summed E-state index contributed by atoms with van der Waals surface area (Å²) in [6.45, 7) is 7.60. The van der Waals surface area contributed by atoms with Crippen LogP contribution in [0.2, 0.25) is 10.0 Å². The molecule has 0 fully saturated rings. The second-order valence-electron chi connectivity index (χ2n) is 6.88. The molecule has 1 unspecified atom stereocenters. The SMILES string of the molecule is CN(c1cc(C(C)(C)C)sc1C(=O)O)P(C)(=O)c1ccc(Cl)cc1Cl. The van der Waals surface area contributed by atoms with E-state index in [2.05, 4.69) is 0 Å². The van der Waals surface area contributed by atoms with Gasteiger partial charge in [-0.2, -0.15) is 0 Å². The Labute approximate surface area is 161 Å². The number of carbonyl (C=O) groups is 1. The number of hydrogen-bond acceptors (Lipinski definition) is 3. The number of thiophene rings is 1. The smallest absolute Gasteiger partial charge is 0.348 e. The molecular weight excluding hydrogens is 400 g/mol. The molecule has 0 aliphatic heterocycles. The monoisotopic (exact) mass is 419 g/mol. The van der Waals surface area contributed by atoms with Gasteiger partial charge in [0.2, 0.25) is 0 Å². The number of carboxylic acid groups (broad SMARTS) is 1. The molecule has 1 aromatic carbocycles. The Balaban J connectivity index is 2.59. The Morgan fingerprint density at radius 2 is 1.84 bits per heavy atom. The Morgan fingerprint density at radius 3 is 2.32 bits per heavy atom. The van der Waals surface area contributed by atoms with E-state index in [4.69, 9.17) is 23.2 Å². The van der Waals surface area contributed by atoms with Crippen molar-refractivity contribution in [3.8, 4) is 0 Å². The van der Waals surface area contributed by atoms with Crippen LogP contribution in [0.25, 0.3) is 0 Å². The quantitative estimate of drug-likeness (QED) is 0.643. The fourth-order valence-electron chi connectivity index (χ4n) is 2.33. The van der Waals surface area contributed by atoms with Crippen molar-refractivity contribution in [2.45, 2.75) is 26.2 Å². The van der Waals surface area contributed by atoms with Crippen molar-refractivity contribution in [2.75, 3.05) is 18.4 Å². The van der Waals surface area contributed by atoms with Crippen LogP contribution in [0, 0.1) is 0 Å². The molecule has 1 heterocycles. The van der Waals surface area contributed by atoms with Gasteiger partial charge in [-0.05, 0) is 29.7 Å². The first kappa shape index (κ1) is 20.3. The van der Waals surface area contributed by atoms with Crippen molar-refractivity contribution >= 4 is 58.8 Å². The molecule has 1 atom stereocenters. The van der Waals surface area contributed by atoms with Crippen molar-refractivity contribution < 1.29 is 14.5 Å². The first-order valence-corrected chi connectivity index (χ1v) is 11.2. The lowest BCUT2D eigenvalue weighted by Crippen LogP contribution is -2.23. The van der Waals surface area contributed by atoms with E-state index in [-0.39, 0.29) is 10.3 Å². The summed E-state index contributed by atoms with van der Waals surface area (Å²) in [5.74, 6) is -1.04. The zero-order valence-corrected chi connectivity index (χ0v) is 17.9. The van der Waals surface area contributed by atoms with Gasteiger partial charge in [0.15, 0.2) is 7.29 Å². The molecule has 1 N–H and O–H groups in total. The first-order valence-electron chi connectivity index (χ1n) is 7.50. The van der Waals surface area contributed by atoms with E-state index in [1.165, 1.54) is 22.1 Å². The van der Waals surface area contributed by atoms with Gasteiger partial charge >= 0.3 is 5.97 Å². The molecule has 4 nitrogen and oxygen atoms in total. The molecule has 0 saturated heterocycles. The van der Waals surface area contributed by atoms with Gasteiger partial charge < -0.3 is 9.78 Å². The third kappa shape index (κ3) is 4.06. The third-order valence-corrected chi connectivity index (χ3v) is 8.79. The van der Waals surface area contributed by atoms with E-state index in [9.17, 15) is 14.5 Å². The average molecular weight is 420 g/mol. The van der Waals surface area contributed by atoms with Crippen LogP contribution in [0.5, 0.6) is 0 Å². The fourth-order valence-corrected chi connectivity index (χ4v) is 6.06. The maximum absolute atomic E-state index is 13.5. The van der Waals surface area contributed by atoms with Gasteiger partial charge in [-0.15, -0.1) is 11.3 Å². The van der Waals surface area contributed by atoms with Crippen LogP contribution < -0.4 is 9.97 Å². The minimum atomic E-state index is -3.13. The highest BCUT2D eigenvalue weighted by Gasteiger charge is 2.32. The minimum Gasteiger partial charge on any atom is -0.477 e. The van der Waals surface area contributed by atoms with E-state index in [0.717, 1.165) is 4.88 Å². The zero-order chi connectivity index (χ0) is 19.2. The van der Waals surface area contributed by atoms with Gasteiger partial charge in [-0.1, -0.05) is 44.0 Å². The van der Waals surface area contributed by atoms with E-state index in [1.54, 1.807) is 31.9 Å². The van der Waals surface area contributed by atoms with Crippen LogP contribution in [0.3, 0.4) is 0 Å². The molecule has 2 aromatic rings. The predicted octanol–water partition coefficient (Wildman–Crippen LogP) is 5.72. The number of benzene rings is 1. The van der Waals surface area contributed by atoms with Crippen LogP contribution in [0.4, 0.5) is 5.69 Å². The van der Waals surface area contributed by atoms with Crippen molar-refractivity contribution in [1.82, 2.24) is 0 Å². The van der Waals surface area contributed by atoms with Crippen molar-refractivity contribution in [3.05, 3.63) is 44.1 Å². The van der Waals surface area contributed by atoms with Gasteiger partial charge in [0, 0.05) is 28.9 Å². The summed E-state index contributed by atoms with van der Waals surface area (Å²) in [6, 6.07) is 6.58. The standard InChI is InChI=1S/C17H20Cl2NO3PS/c1-17(2,3)14-9-12(15(25-14)16(21)22)20(4)24(5,23)13-7-6-10(18)8-11(13)19/h6-9H,1-5H3,(H,21,22). The van der Waals surface area contributed by atoms with E-state index < -0.39 is 13.3 Å². The summed E-state index contributed by atoms with van der Waals surface area (Å²) in [6.07, 6.45) is 0. The topological polar surface area (TPSA) is 57.6 Å². The Kier molecular flexibility index (Phi) is 5.65. The lowest BCUT2D eigenvalue weighted by atomic mass is 9.94. The number of nitrogens with zero attached hydrogens (tertiary/aromatic N) is 1. The maximum atomic E-state index is 13.5. The summed E-state index contributed by atoms with van der Waals surface area (Å²) >= 11 is 13.4. The van der Waals surface area contributed by atoms with Crippen molar-refractivity contribution in [1.29, 1.82) is 0 Å². The van der Waals surface area contributed by atoms with Gasteiger partial charge in [-0.25, -0.2) is 4.79 Å². The molecule has 0 amide bonds. The fraction of sp³-hybridized carbons (Fsp3) is 0.353. The Bertz CT molecular complexity index is 873. The average Bonchev–Trinajstić information content (AvgIpc) is 2.91. The van der Waals surface area contributed by atoms with Crippen LogP contribution >= 0.6 is 41.8 Å². The maximum Gasteiger partial charge on any atom is 0.348 e. The molecule has 25 heavy (non-hydrogen) atoms. The molecule has 0 radical (unpaired) electrons. The van der Waals surface area contributed by atoms with Crippen LogP contribution in [-0.4, -0.2) is 24.8 Å². The van der Waals surface area contributed by atoms with Crippen LogP contribution in [0.1, 0.15) is 35.3 Å². The molecule has 8 heteroatoms. The largest absolute Gasteiger partial charge is 0.477 e. The molecule has 0 spiro atoms. The predicted molar refractivity (Wildman–Crippen MR) is 108 cm³/mol. The van der Waals surface area contributed by atoms with E-state index in [1.807, 2.05) is 20.8 Å². The highest BCUT2D eigenvalue weighted by molar-refractivity contribution is 7.72. The summed E-state index contributed by atoms with van der Waals surface area (Å²) in [5, 5.41) is 10.8. The normalized spacial score (nSPS) is 14.2. The Morgan fingerprint density at radius 1 is 1.24 bits per heavy atom. The molecular formula is C17H20Cl2NO3PS. The number of anilines is 1. The highest BCUT2D eigenvalue weighted by atomic mass is 35.5. The zero-order valence-electron chi connectivity index (χ0n) is 14.6. The van der Waals surface area contributed by atoms with Gasteiger partial charge in [0.1, 0.15) is 4.88 Å². The van der Waals surface area contributed by atoms with Crippen LogP contribution in [-0.2, 0) is 9.98 Å². The van der Waals surface area contributed by atoms with Gasteiger partial charge in [0.05, 0.1) is 10.7 Å². The van der Waals surface area contributed by atoms with E-state index >= 15 is 0 Å². The van der Waals surface area contributed by atoms with Crippen LogP contribution in [0.15, 0.2) is 24.3 Å². The number of hydrogen-bond donors (Lipinski definition) is 1. The van der Waals surface area contributed by atoms with E-state index in [0.29, 0.717) is 21.0 Å². The Hall–Kier alpha value is -1.000. The summed E-state index contributed by atoms with van der Waals surface area (Å²) in [4.78, 5) is 12.8. The molecule has 2 rings (SSSR count). The number of rotatable bonds is 4. The summed E-state index contributed by atoms with van der Waals surface area (Å²) in [7, 11) is -1.50. The molecule has 0 aliphatic rings. The first-order chi connectivity index (χ1) is 11.4. The number of aromatic carboxylic acids is 1. The minimum absolute atomic E-state index is 0.166.